The molecule has 1 aliphatic heterocycles. The van der Waals surface area contributed by atoms with Crippen LogP contribution in [0, 0.1) is 0 Å². The van der Waals surface area contributed by atoms with E-state index in [0.717, 1.165) is 17.7 Å². The first-order valence-corrected chi connectivity index (χ1v) is 6.15. The zero-order chi connectivity index (χ0) is 13.5. The Morgan fingerprint density at radius 1 is 1.47 bits per heavy atom. The fraction of sp³-hybridized carbons (Fsp3) is 0.545. The molecular weight excluding hydrogens is 246 g/mol. The molecule has 2 aromatic heterocycles. The Labute approximate surface area is 110 Å². The second kappa shape index (κ2) is 4.32. The van der Waals surface area contributed by atoms with Crippen molar-refractivity contribution in [1.29, 1.82) is 0 Å². The molecule has 0 unspecified atom stereocenters. The van der Waals surface area contributed by atoms with Gasteiger partial charge in [-0.25, -0.2) is 5.84 Å². The number of nitrogens with two attached hydrogens (primary N) is 1. The number of rotatable bonds is 2. The number of aromatic nitrogens is 4. The average molecular weight is 263 g/mol. The SMILES string of the molecule is CC1(C)COCCN1c1nc(NN)nc2[nH]ncc12. The van der Waals surface area contributed by atoms with Gasteiger partial charge < -0.3 is 9.64 Å². The molecule has 0 spiro atoms. The quantitative estimate of drug-likeness (QED) is 0.527. The third-order valence-electron chi connectivity index (χ3n) is 3.32. The van der Waals surface area contributed by atoms with E-state index >= 15 is 0 Å². The number of hydrogen-bond donors (Lipinski definition) is 3. The summed E-state index contributed by atoms with van der Waals surface area (Å²) in [5, 5.41) is 7.76. The summed E-state index contributed by atoms with van der Waals surface area (Å²) in [6.45, 7) is 6.35. The lowest BCUT2D eigenvalue weighted by atomic mass is 10.0. The molecule has 1 fully saturated rings. The van der Waals surface area contributed by atoms with Crippen LogP contribution in [0.1, 0.15) is 13.8 Å². The van der Waals surface area contributed by atoms with Gasteiger partial charge in [0.25, 0.3) is 0 Å². The van der Waals surface area contributed by atoms with Crippen LogP contribution in [0.4, 0.5) is 11.8 Å². The summed E-state index contributed by atoms with van der Waals surface area (Å²) in [7, 11) is 0. The van der Waals surface area contributed by atoms with Crippen molar-refractivity contribution in [3.05, 3.63) is 6.20 Å². The van der Waals surface area contributed by atoms with E-state index in [0.29, 0.717) is 24.8 Å². The normalized spacial score (nSPS) is 18.8. The van der Waals surface area contributed by atoms with Gasteiger partial charge in [-0.15, -0.1) is 0 Å². The number of nitrogens with zero attached hydrogens (tertiary/aromatic N) is 4. The van der Waals surface area contributed by atoms with Crippen LogP contribution >= 0.6 is 0 Å². The van der Waals surface area contributed by atoms with Gasteiger partial charge in [-0.3, -0.25) is 10.5 Å². The molecule has 0 saturated carbocycles. The van der Waals surface area contributed by atoms with E-state index in [4.69, 9.17) is 10.6 Å². The standard InChI is InChI=1S/C11H17N7O/c1-11(2)6-19-4-3-18(11)9-7-5-13-17-8(7)14-10(15-9)16-12/h5H,3-4,6,12H2,1-2H3,(H2,13,14,15,16,17). The maximum atomic E-state index is 5.54. The Morgan fingerprint density at radius 2 is 2.32 bits per heavy atom. The summed E-state index contributed by atoms with van der Waals surface area (Å²) in [5.41, 5.74) is 3.02. The minimum Gasteiger partial charge on any atom is -0.377 e. The van der Waals surface area contributed by atoms with Crippen LogP contribution in [0.2, 0.25) is 0 Å². The number of H-pyrrole nitrogens is 1. The molecule has 1 saturated heterocycles. The van der Waals surface area contributed by atoms with Crippen LogP contribution < -0.4 is 16.2 Å². The molecule has 0 aliphatic carbocycles. The van der Waals surface area contributed by atoms with Gasteiger partial charge in [0.05, 0.1) is 30.3 Å². The smallest absolute Gasteiger partial charge is 0.241 e. The molecule has 3 heterocycles. The topological polar surface area (TPSA) is 105 Å². The van der Waals surface area contributed by atoms with E-state index in [1.807, 2.05) is 0 Å². The van der Waals surface area contributed by atoms with Crippen LogP contribution in [0.25, 0.3) is 11.0 Å². The molecule has 0 radical (unpaired) electrons. The number of aromatic amines is 1. The first kappa shape index (κ1) is 12.1. The third kappa shape index (κ3) is 1.98. The molecule has 8 heteroatoms. The summed E-state index contributed by atoms with van der Waals surface area (Å²) in [5.74, 6) is 6.61. The zero-order valence-electron chi connectivity index (χ0n) is 11.0. The number of nitrogen functional groups attached to an aromatic ring is 1. The van der Waals surface area contributed by atoms with Gasteiger partial charge in [-0.2, -0.15) is 15.1 Å². The number of fused-ring (bicyclic) bond motifs is 1. The number of morpholine rings is 1. The van der Waals surface area contributed by atoms with E-state index < -0.39 is 0 Å². The number of hydrazine groups is 1. The highest BCUT2D eigenvalue weighted by molar-refractivity contribution is 5.88. The number of anilines is 2. The van der Waals surface area contributed by atoms with Crippen molar-refractivity contribution < 1.29 is 4.74 Å². The lowest BCUT2D eigenvalue weighted by Crippen LogP contribution is -2.53. The van der Waals surface area contributed by atoms with Crippen LogP contribution in [0.5, 0.6) is 0 Å². The molecule has 4 N–H and O–H groups in total. The van der Waals surface area contributed by atoms with Crippen molar-refractivity contribution in [2.75, 3.05) is 30.1 Å². The Bertz CT molecular complexity index is 594. The summed E-state index contributed by atoms with van der Waals surface area (Å²) < 4.78 is 5.54. The number of nitrogens with one attached hydrogen (secondary N) is 2. The van der Waals surface area contributed by atoms with E-state index in [-0.39, 0.29) is 5.54 Å². The molecular formula is C11H17N7O. The predicted molar refractivity (Wildman–Crippen MR) is 71.7 cm³/mol. The van der Waals surface area contributed by atoms with E-state index in [1.54, 1.807) is 6.20 Å². The highest BCUT2D eigenvalue weighted by atomic mass is 16.5. The van der Waals surface area contributed by atoms with Crippen molar-refractivity contribution in [2.24, 2.45) is 5.84 Å². The maximum Gasteiger partial charge on any atom is 0.241 e. The Kier molecular flexibility index (Phi) is 2.76. The molecule has 0 amide bonds. The van der Waals surface area contributed by atoms with Crippen LogP contribution in [0.15, 0.2) is 6.20 Å². The van der Waals surface area contributed by atoms with Gasteiger partial charge in [-0.05, 0) is 13.8 Å². The Balaban J connectivity index is 2.14. The fourth-order valence-corrected chi connectivity index (χ4v) is 2.34. The zero-order valence-corrected chi connectivity index (χ0v) is 11.0. The molecule has 1 aliphatic rings. The summed E-state index contributed by atoms with van der Waals surface area (Å²) in [6, 6.07) is 0. The highest BCUT2D eigenvalue weighted by Gasteiger charge is 2.33. The van der Waals surface area contributed by atoms with Crippen molar-refractivity contribution in [3.63, 3.8) is 0 Å². The number of ether oxygens (including phenoxy) is 1. The molecule has 2 aromatic rings. The molecule has 8 nitrogen and oxygen atoms in total. The summed E-state index contributed by atoms with van der Waals surface area (Å²) in [4.78, 5) is 10.9. The third-order valence-corrected chi connectivity index (χ3v) is 3.32. The van der Waals surface area contributed by atoms with Gasteiger partial charge >= 0.3 is 0 Å². The minimum absolute atomic E-state index is 0.136. The van der Waals surface area contributed by atoms with E-state index in [2.05, 4.69) is 44.3 Å². The predicted octanol–water partition coefficient (Wildman–Crippen LogP) is 0.254. The van der Waals surface area contributed by atoms with Gasteiger partial charge in [0.1, 0.15) is 5.82 Å². The van der Waals surface area contributed by atoms with Crippen molar-refractivity contribution >= 4 is 22.8 Å². The molecule has 0 atom stereocenters. The first-order valence-electron chi connectivity index (χ1n) is 6.15. The maximum absolute atomic E-state index is 5.54. The molecule has 19 heavy (non-hydrogen) atoms. The lowest BCUT2D eigenvalue weighted by molar-refractivity contribution is 0.0641. The van der Waals surface area contributed by atoms with Crippen LogP contribution in [-0.4, -0.2) is 45.5 Å². The first-order chi connectivity index (χ1) is 9.12. The molecule has 0 bridgehead atoms. The molecule has 0 aromatic carbocycles. The summed E-state index contributed by atoms with van der Waals surface area (Å²) >= 11 is 0. The molecule has 3 rings (SSSR count). The van der Waals surface area contributed by atoms with Crippen LogP contribution in [-0.2, 0) is 4.74 Å². The minimum atomic E-state index is -0.136. The lowest BCUT2D eigenvalue weighted by Gasteiger charge is -2.43. The summed E-state index contributed by atoms with van der Waals surface area (Å²) in [6.07, 6.45) is 1.73. The molecule has 102 valence electrons. The van der Waals surface area contributed by atoms with Gasteiger partial charge in [-0.1, -0.05) is 0 Å². The average Bonchev–Trinajstić information content (AvgIpc) is 2.85. The van der Waals surface area contributed by atoms with Gasteiger partial charge in [0.15, 0.2) is 5.65 Å². The fourth-order valence-electron chi connectivity index (χ4n) is 2.34. The van der Waals surface area contributed by atoms with Crippen molar-refractivity contribution in [2.45, 2.75) is 19.4 Å². The Hall–Kier alpha value is -1.93. The van der Waals surface area contributed by atoms with E-state index in [9.17, 15) is 0 Å². The van der Waals surface area contributed by atoms with Crippen LogP contribution in [0.3, 0.4) is 0 Å². The highest BCUT2D eigenvalue weighted by Crippen LogP contribution is 2.30. The largest absolute Gasteiger partial charge is 0.377 e. The van der Waals surface area contributed by atoms with E-state index in [1.165, 1.54) is 0 Å². The number of hydrogen-bond acceptors (Lipinski definition) is 7. The van der Waals surface area contributed by atoms with Gasteiger partial charge in [0.2, 0.25) is 5.95 Å². The second-order valence-corrected chi connectivity index (χ2v) is 5.16. The van der Waals surface area contributed by atoms with Crippen molar-refractivity contribution in [1.82, 2.24) is 20.2 Å². The second-order valence-electron chi connectivity index (χ2n) is 5.16. The Morgan fingerprint density at radius 3 is 3.05 bits per heavy atom. The van der Waals surface area contributed by atoms with Gasteiger partial charge in [0, 0.05) is 6.54 Å². The monoisotopic (exact) mass is 263 g/mol. The van der Waals surface area contributed by atoms with Crippen molar-refractivity contribution in [3.8, 4) is 0 Å².